The van der Waals surface area contributed by atoms with Gasteiger partial charge in [-0.05, 0) is 30.2 Å². The van der Waals surface area contributed by atoms with Gasteiger partial charge in [0, 0.05) is 19.9 Å². The lowest BCUT2D eigenvalue weighted by atomic mass is 10.0. The molecule has 1 aliphatic rings. The van der Waals surface area contributed by atoms with Crippen LogP contribution in [-0.2, 0) is 13.5 Å². The molecule has 0 atom stereocenters. The standard InChI is InChI=1S/C9H14N2O/c1-11-6-8(5-10-11)4-9(7-12)2-3-9/h5-6,12H,2-4,7H2,1H3. The summed E-state index contributed by atoms with van der Waals surface area (Å²) in [6.45, 7) is 0.321. The molecule has 1 aromatic heterocycles. The van der Waals surface area contributed by atoms with Gasteiger partial charge in [0.2, 0.25) is 0 Å². The van der Waals surface area contributed by atoms with Gasteiger partial charge in [-0.15, -0.1) is 0 Å². The van der Waals surface area contributed by atoms with Gasteiger partial charge in [-0.2, -0.15) is 5.10 Å². The molecular formula is C9H14N2O. The minimum Gasteiger partial charge on any atom is -0.396 e. The fourth-order valence-corrected chi connectivity index (χ4v) is 1.56. The topological polar surface area (TPSA) is 38.0 Å². The number of rotatable bonds is 3. The molecule has 1 aliphatic carbocycles. The van der Waals surface area contributed by atoms with Crippen LogP contribution in [0.2, 0.25) is 0 Å². The smallest absolute Gasteiger partial charge is 0.0521 e. The Bertz CT molecular complexity index is 276. The number of aliphatic hydroxyl groups is 1. The molecule has 0 aromatic carbocycles. The number of hydrogen-bond acceptors (Lipinski definition) is 2. The van der Waals surface area contributed by atoms with Gasteiger partial charge in [-0.1, -0.05) is 0 Å². The van der Waals surface area contributed by atoms with Gasteiger partial charge >= 0.3 is 0 Å². The summed E-state index contributed by atoms with van der Waals surface area (Å²) >= 11 is 0. The number of hydrogen-bond donors (Lipinski definition) is 1. The fourth-order valence-electron chi connectivity index (χ4n) is 1.56. The number of aromatic nitrogens is 2. The van der Waals surface area contributed by atoms with Crippen LogP contribution in [0.1, 0.15) is 18.4 Å². The molecule has 0 radical (unpaired) electrons. The van der Waals surface area contributed by atoms with E-state index >= 15 is 0 Å². The zero-order valence-corrected chi connectivity index (χ0v) is 7.32. The summed E-state index contributed by atoms with van der Waals surface area (Å²) in [4.78, 5) is 0. The van der Waals surface area contributed by atoms with E-state index in [-0.39, 0.29) is 5.41 Å². The first-order valence-corrected chi connectivity index (χ1v) is 4.32. The lowest BCUT2D eigenvalue weighted by Gasteiger charge is -2.08. The molecule has 1 N–H and O–H groups in total. The molecule has 0 bridgehead atoms. The Kier molecular flexibility index (Phi) is 1.68. The van der Waals surface area contributed by atoms with E-state index < -0.39 is 0 Å². The van der Waals surface area contributed by atoms with Crippen LogP contribution in [-0.4, -0.2) is 21.5 Å². The fraction of sp³-hybridized carbons (Fsp3) is 0.667. The molecule has 0 spiro atoms. The molecule has 12 heavy (non-hydrogen) atoms. The molecule has 1 heterocycles. The first-order valence-electron chi connectivity index (χ1n) is 4.32. The second-order valence-electron chi connectivity index (χ2n) is 3.86. The molecular weight excluding hydrogens is 152 g/mol. The highest BCUT2D eigenvalue weighted by atomic mass is 16.3. The quantitative estimate of drug-likeness (QED) is 0.719. The summed E-state index contributed by atoms with van der Waals surface area (Å²) in [5.41, 5.74) is 1.45. The molecule has 3 heteroatoms. The Balaban J connectivity index is 2.04. The maximum atomic E-state index is 9.10. The van der Waals surface area contributed by atoms with Gasteiger partial charge in [0.15, 0.2) is 0 Å². The number of aliphatic hydroxyl groups excluding tert-OH is 1. The highest BCUT2D eigenvalue weighted by molar-refractivity contribution is 5.11. The summed E-state index contributed by atoms with van der Waals surface area (Å²) in [6, 6.07) is 0. The van der Waals surface area contributed by atoms with Crippen molar-refractivity contribution >= 4 is 0 Å². The van der Waals surface area contributed by atoms with Crippen molar-refractivity contribution < 1.29 is 5.11 Å². The van der Waals surface area contributed by atoms with Crippen molar-refractivity contribution in [3.63, 3.8) is 0 Å². The van der Waals surface area contributed by atoms with E-state index in [1.807, 2.05) is 24.1 Å². The average Bonchev–Trinajstić information content (AvgIpc) is 2.71. The van der Waals surface area contributed by atoms with Crippen LogP contribution < -0.4 is 0 Å². The lowest BCUT2D eigenvalue weighted by molar-refractivity contribution is 0.211. The van der Waals surface area contributed by atoms with Crippen LogP contribution in [0.5, 0.6) is 0 Å². The van der Waals surface area contributed by atoms with Gasteiger partial charge in [0.1, 0.15) is 0 Å². The Morgan fingerprint density at radius 3 is 2.83 bits per heavy atom. The van der Waals surface area contributed by atoms with Crippen molar-refractivity contribution in [2.75, 3.05) is 6.61 Å². The largest absolute Gasteiger partial charge is 0.396 e. The number of aryl methyl sites for hydroxylation is 1. The maximum absolute atomic E-state index is 9.10. The van der Waals surface area contributed by atoms with Crippen LogP contribution in [0.3, 0.4) is 0 Å². The molecule has 1 fully saturated rings. The third-order valence-electron chi connectivity index (χ3n) is 2.63. The average molecular weight is 166 g/mol. The van der Waals surface area contributed by atoms with Gasteiger partial charge in [-0.25, -0.2) is 0 Å². The SMILES string of the molecule is Cn1cc(CC2(CO)CC2)cn1. The van der Waals surface area contributed by atoms with E-state index in [0.29, 0.717) is 6.61 Å². The van der Waals surface area contributed by atoms with Crippen LogP contribution in [0.15, 0.2) is 12.4 Å². The molecule has 2 rings (SSSR count). The summed E-state index contributed by atoms with van der Waals surface area (Å²) in [5, 5.41) is 13.2. The second kappa shape index (κ2) is 2.59. The van der Waals surface area contributed by atoms with Crippen LogP contribution in [0, 0.1) is 5.41 Å². The summed E-state index contributed by atoms with van der Waals surface area (Å²) in [7, 11) is 1.92. The Morgan fingerprint density at radius 1 is 1.67 bits per heavy atom. The van der Waals surface area contributed by atoms with Crippen LogP contribution in [0.25, 0.3) is 0 Å². The van der Waals surface area contributed by atoms with E-state index in [1.54, 1.807) is 0 Å². The summed E-state index contributed by atoms with van der Waals surface area (Å²) in [5.74, 6) is 0. The van der Waals surface area contributed by atoms with Crippen LogP contribution in [0.4, 0.5) is 0 Å². The first kappa shape index (κ1) is 7.80. The van der Waals surface area contributed by atoms with E-state index in [2.05, 4.69) is 5.10 Å². The van der Waals surface area contributed by atoms with Crippen molar-refractivity contribution in [1.82, 2.24) is 9.78 Å². The highest BCUT2D eigenvalue weighted by Gasteiger charge is 2.41. The third kappa shape index (κ3) is 1.37. The van der Waals surface area contributed by atoms with Crippen molar-refractivity contribution in [3.8, 4) is 0 Å². The van der Waals surface area contributed by atoms with E-state index in [1.165, 1.54) is 18.4 Å². The van der Waals surface area contributed by atoms with Gasteiger partial charge in [0.05, 0.1) is 6.20 Å². The summed E-state index contributed by atoms with van der Waals surface area (Å²) < 4.78 is 1.81. The van der Waals surface area contributed by atoms with Gasteiger partial charge in [-0.3, -0.25) is 4.68 Å². The molecule has 0 saturated heterocycles. The Morgan fingerprint density at radius 2 is 2.42 bits per heavy atom. The predicted octanol–water partition coefficient (Wildman–Crippen LogP) is 0.735. The van der Waals surface area contributed by atoms with Crippen molar-refractivity contribution in [2.45, 2.75) is 19.3 Å². The number of nitrogens with zero attached hydrogens (tertiary/aromatic N) is 2. The van der Waals surface area contributed by atoms with Crippen molar-refractivity contribution in [1.29, 1.82) is 0 Å². The third-order valence-corrected chi connectivity index (χ3v) is 2.63. The van der Waals surface area contributed by atoms with E-state index in [0.717, 1.165) is 6.42 Å². The first-order chi connectivity index (χ1) is 5.74. The minimum absolute atomic E-state index is 0.211. The molecule has 1 aromatic rings. The predicted molar refractivity (Wildman–Crippen MR) is 45.7 cm³/mol. The second-order valence-corrected chi connectivity index (χ2v) is 3.86. The van der Waals surface area contributed by atoms with Crippen LogP contribution >= 0.6 is 0 Å². The molecule has 0 aliphatic heterocycles. The minimum atomic E-state index is 0.211. The Labute approximate surface area is 72.0 Å². The molecule has 0 unspecified atom stereocenters. The Hall–Kier alpha value is -0.830. The van der Waals surface area contributed by atoms with Crippen molar-refractivity contribution in [2.24, 2.45) is 12.5 Å². The van der Waals surface area contributed by atoms with Gasteiger partial charge < -0.3 is 5.11 Å². The molecule has 0 amide bonds. The molecule has 66 valence electrons. The zero-order chi connectivity index (χ0) is 8.60. The van der Waals surface area contributed by atoms with E-state index in [4.69, 9.17) is 5.11 Å². The molecule has 1 saturated carbocycles. The van der Waals surface area contributed by atoms with Crippen molar-refractivity contribution in [3.05, 3.63) is 18.0 Å². The summed E-state index contributed by atoms with van der Waals surface area (Å²) in [6.07, 6.45) is 7.22. The monoisotopic (exact) mass is 166 g/mol. The zero-order valence-electron chi connectivity index (χ0n) is 7.32. The molecule has 3 nitrogen and oxygen atoms in total. The lowest BCUT2D eigenvalue weighted by Crippen LogP contribution is -2.09. The maximum Gasteiger partial charge on any atom is 0.0521 e. The highest BCUT2D eigenvalue weighted by Crippen LogP contribution is 2.47. The van der Waals surface area contributed by atoms with Gasteiger partial charge in [0.25, 0.3) is 0 Å². The normalized spacial score (nSPS) is 19.5. The van der Waals surface area contributed by atoms with E-state index in [9.17, 15) is 0 Å².